The Kier molecular flexibility index (Phi) is 6.77. The summed E-state index contributed by atoms with van der Waals surface area (Å²) in [6.45, 7) is 6.13. The van der Waals surface area contributed by atoms with E-state index in [0.29, 0.717) is 13.0 Å². The van der Waals surface area contributed by atoms with Gasteiger partial charge in [-0.25, -0.2) is 0 Å². The van der Waals surface area contributed by atoms with Gasteiger partial charge in [-0.1, -0.05) is 6.92 Å². The van der Waals surface area contributed by atoms with Crippen LogP contribution in [0.15, 0.2) is 0 Å². The van der Waals surface area contributed by atoms with Crippen molar-refractivity contribution in [3.8, 4) is 6.07 Å². The zero-order valence-corrected chi connectivity index (χ0v) is 9.13. The molecule has 0 saturated carbocycles. The van der Waals surface area contributed by atoms with Crippen molar-refractivity contribution in [2.24, 2.45) is 0 Å². The van der Waals surface area contributed by atoms with E-state index >= 15 is 0 Å². The molecule has 0 bridgehead atoms. The summed E-state index contributed by atoms with van der Waals surface area (Å²) in [5, 5.41) is 14.3. The molecule has 0 aliphatic carbocycles. The van der Waals surface area contributed by atoms with Crippen molar-refractivity contribution in [1.82, 2.24) is 10.6 Å². The topological polar surface area (TPSA) is 64.9 Å². The van der Waals surface area contributed by atoms with Crippen LogP contribution in [0.5, 0.6) is 0 Å². The maximum atomic E-state index is 11.2. The van der Waals surface area contributed by atoms with Gasteiger partial charge < -0.3 is 10.6 Å². The van der Waals surface area contributed by atoms with Crippen LogP contribution in [0.4, 0.5) is 0 Å². The maximum absolute atomic E-state index is 11.2. The fourth-order valence-electron chi connectivity index (χ4n) is 1.08. The molecule has 0 spiro atoms. The molecule has 0 aromatic carbocycles. The highest BCUT2D eigenvalue weighted by molar-refractivity contribution is 5.78. The minimum absolute atomic E-state index is 0.0172. The lowest BCUT2D eigenvalue weighted by Gasteiger charge is -2.14. The van der Waals surface area contributed by atoms with Crippen molar-refractivity contribution in [3.63, 3.8) is 0 Å². The summed E-state index contributed by atoms with van der Waals surface area (Å²) in [6.07, 6.45) is 1.31. The van der Waals surface area contributed by atoms with E-state index in [1.165, 1.54) is 0 Å². The lowest BCUT2D eigenvalue weighted by Crippen LogP contribution is -2.41. The normalized spacial score (nSPS) is 12.2. The van der Waals surface area contributed by atoms with Gasteiger partial charge in [0.15, 0.2) is 0 Å². The monoisotopic (exact) mass is 197 g/mol. The van der Waals surface area contributed by atoms with Crippen molar-refractivity contribution in [2.45, 2.75) is 45.7 Å². The van der Waals surface area contributed by atoms with Crippen LogP contribution in [0.2, 0.25) is 0 Å². The number of rotatable bonds is 6. The number of hydrogen-bond acceptors (Lipinski definition) is 3. The van der Waals surface area contributed by atoms with Gasteiger partial charge in [-0.3, -0.25) is 4.79 Å². The number of carbonyl (C=O) groups is 1. The average Bonchev–Trinajstić information content (AvgIpc) is 2.11. The third kappa shape index (κ3) is 6.44. The molecule has 0 aliphatic heterocycles. The van der Waals surface area contributed by atoms with E-state index in [1.807, 2.05) is 20.8 Å². The van der Waals surface area contributed by atoms with Gasteiger partial charge in [0.1, 0.15) is 0 Å². The van der Waals surface area contributed by atoms with Crippen LogP contribution in [0.1, 0.15) is 33.6 Å². The average molecular weight is 197 g/mol. The van der Waals surface area contributed by atoms with Gasteiger partial charge >= 0.3 is 0 Å². The van der Waals surface area contributed by atoms with E-state index in [0.717, 1.165) is 6.42 Å². The first-order chi connectivity index (χ1) is 6.60. The van der Waals surface area contributed by atoms with Crippen LogP contribution in [0.25, 0.3) is 0 Å². The lowest BCUT2D eigenvalue weighted by molar-refractivity contribution is -0.120. The summed E-state index contributed by atoms with van der Waals surface area (Å²) in [5.74, 6) is -0.0172. The summed E-state index contributed by atoms with van der Waals surface area (Å²) in [4.78, 5) is 11.2. The van der Waals surface area contributed by atoms with Crippen molar-refractivity contribution < 1.29 is 4.79 Å². The molecule has 0 heterocycles. The fraction of sp³-hybridized carbons (Fsp3) is 0.800. The van der Waals surface area contributed by atoms with Gasteiger partial charge in [-0.05, 0) is 20.3 Å². The molecule has 0 aromatic rings. The molecule has 0 fully saturated rings. The summed E-state index contributed by atoms with van der Waals surface area (Å²) in [7, 11) is 0. The Morgan fingerprint density at radius 1 is 1.50 bits per heavy atom. The third-order valence-electron chi connectivity index (χ3n) is 1.83. The van der Waals surface area contributed by atoms with Crippen LogP contribution in [0, 0.1) is 11.3 Å². The predicted octanol–water partition coefficient (Wildman–Crippen LogP) is 0.793. The summed E-state index contributed by atoms with van der Waals surface area (Å²) < 4.78 is 0. The standard InChI is InChI=1S/C10H19N3O/c1-4-9(5-6-11)12-7-10(14)13-8(2)3/h8-9,12H,4-5,7H2,1-3H3,(H,13,14). The van der Waals surface area contributed by atoms with Crippen molar-refractivity contribution in [1.29, 1.82) is 5.26 Å². The molecule has 1 atom stereocenters. The number of nitrogens with one attached hydrogen (secondary N) is 2. The Morgan fingerprint density at radius 2 is 2.14 bits per heavy atom. The predicted molar refractivity (Wildman–Crippen MR) is 55.6 cm³/mol. The zero-order chi connectivity index (χ0) is 11.0. The molecular formula is C10H19N3O. The minimum atomic E-state index is -0.0172. The van der Waals surface area contributed by atoms with Crippen LogP contribution in [-0.4, -0.2) is 24.5 Å². The quantitative estimate of drug-likeness (QED) is 0.661. The molecule has 0 radical (unpaired) electrons. The smallest absolute Gasteiger partial charge is 0.234 e. The van der Waals surface area contributed by atoms with E-state index < -0.39 is 0 Å². The molecule has 4 heteroatoms. The summed E-state index contributed by atoms with van der Waals surface area (Å²) in [6, 6.07) is 2.38. The molecule has 0 aliphatic rings. The lowest BCUT2D eigenvalue weighted by atomic mass is 10.2. The molecule has 2 N–H and O–H groups in total. The van der Waals surface area contributed by atoms with Crippen LogP contribution in [0.3, 0.4) is 0 Å². The fourth-order valence-corrected chi connectivity index (χ4v) is 1.08. The Morgan fingerprint density at radius 3 is 2.57 bits per heavy atom. The second kappa shape index (κ2) is 7.34. The van der Waals surface area contributed by atoms with E-state index in [2.05, 4.69) is 16.7 Å². The molecular weight excluding hydrogens is 178 g/mol. The SMILES string of the molecule is CCC(CC#N)NCC(=O)NC(C)C. The maximum Gasteiger partial charge on any atom is 0.234 e. The summed E-state index contributed by atoms with van der Waals surface area (Å²) in [5.41, 5.74) is 0. The van der Waals surface area contributed by atoms with E-state index in [-0.39, 0.29) is 18.0 Å². The third-order valence-corrected chi connectivity index (χ3v) is 1.83. The summed E-state index contributed by atoms with van der Waals surface area (Å²) >= 11 is 0. The molecule has 0 rings (SSSR count). The van der Waals surface area contributed by atoms with Gasteiger partial charge in [-0.15, -0.1) is 0 Å². The number of nitriles is 1. The Hall–Kier alpha value is -1.08. The van der Waals surface area contributed by atoms with Gasteiger partial charge in [0.05, 0.1) is 19.0 Å². The Balaban J connectivity index is 3.69. The molecule has 80 valence electrons. The highest BCUT2D eigenvalue weighted by atomic mass is 16.1. The van der Waals surface area contributed by atoms with Crippen molar-refractivity contribution in [3.05, 3.63) is 0 Å². The van der Waals surface area contributed by atoms with E-state index in [4.69, 9.17) is 5.26 Å². The Bertz CT molecular complexity index is 208. The van der Waals surface area contributed by atoms with Gasteiger partial charge in [0.2, 0.25) is 5.91 Å². The van der Waals surface area contributed by atoms with Crippen molar-refractivity contribution >= 4 is 5.91 Å². The first-order valence-electron chi connectivity index (χ1n) is 4.99. The van der Waals surface area contributed by atoms with Crippen LogP contribution < -0.4 is 10.6 Å². The highest BCUT2D eigenvalue weighted by Crippen LogP contribution is 1.94. The van der Waals surface area contributed by atoms with Crippen molar-refractivity contribution in [2.75, 3.05) is 6.54 Å². The van der Waals surface area contributed by atoms with Gasteiger partial charge in [-0.2, -0.15) is 5.26 Å². The van der Waals surface area contributed by atoms with Crippen LogP contribution in [-0.2, 0) is 4.79 Å². The number of carbonyl (C=O) groups excluding carboxylic acids is 1. The number of nitrogens with zero attached hydrogens (tertiary/aromatic N) is 1. The van der Waals surface area contributed by atoms with Gasteiger partial charge in [0, 0.05) is 12.1 Å². The first-order valence-corrected chi connectivity index (χ1v) is 4.99. The molecule has 14 heavy (non-hydrogen) atoms. The number of hydrogen-bond donors (Lipinski definition) is 2. The highest BCUT2D eigenvalue weighted by Gasteiger charge is 2.08. The Labute approximate surface area is 85.7 Å². The minimum Gasteiger partial charge on any atom is -0.353 e. The first kappa shape index (κ1) is 12.9. The molecule has 1 unspecified atom stereocenters. The molecule has 4 nitrogen and oxygen atoms in total. The molecule has 0 saturated heterocycles. The van der Waals surface area contributed by atoms with Crippen LogP contribution >= 0.6 is 0 Å². The second-order valence-corrected chi connectivity index (χ2v) is 3.57. The number of amides is 1. The largest absolute Gasteiger partial charge is 0.353 e. The second-order valence-electron chi connectivity index (χ2n) is 3.57. The van der Waals surface area contributed by atoms with E-state index in [9.17, 15) is 4.79 Å². The molecule has 1 amide bonds. The zero-order valence-electron chi connectivity index (χ0n) is 9.13. The van der Waals surface area contributed by atoms with E-state index in [1.54, 1.807) is 0 Å². The van der Waals surface area contributed by atoms with Gasteiger partial charge in [0.25, 0.3) is 0 Å². The molecule has 0 aromatic heterocycles.